The molecule has 0 amide bonds. The van der Waals surface area contributed by atoms with Gasteiger partial charge >= 0.3 is 0 Å². The summed E-state index contributed by atoms with van der Waals surface area (Å²) in [7, 11) is 0. The molecule has 2 aromatic carbocycles. The number of nitrogens with two attached hydrogens (primary N) is 1. The molecule has 1 aliphatic rings. The Morgan fingerprint density at radius 2 is 1.95 bits per heavy atom. The summed E-state index contributed by atoms with van der Waals surface area (Å²) in [5.41, 5.74) is 10.5. The molecule has 4 heteroatoms. The van der Waals surface area contributed by atoms with Crippen molar-refractivity contribution in [3.8, 4) is 0 Å². The molecule has 2 nitrogen and oxygen atoms in total. The summed E-state index contributed by atoms with van der Waals surface area (Å²) >= 11 is 12.1. The van der Waals surface area contributed by atoms with Crippen molar-refractivity contribution in [2.24, 2.45) is 0 Å². The number of fused-ring (bicyclic) bond motifs is 1. The smallest absolute Gasteiger partial charge is 0.0465 e. The van der Waals surface area contributed by atoms with Gasteiger partial charge in [-0.05, 0) is 34.9 Å². The highest BCUT2D eigenvalue weighted by Crippen LogP contribution is 2.30. The highest BCUT2D eigenvalue weighted by Gasteiger charge is 2.21. The molecule has 0 atom stereocenters. The lowest BCUT2D eigenvalue weighted by Gasteiger charge is -2.16. The van der Waals surface area contributed by atoms with E-state index in [4.69, 9.17) is 28.9 Å². The van der Waals surface area contributed by atoms with Crippen molar-refractivity contribution in [3.05, 3.63) is 63.1 Å². The Morgan fingerprint density at radius 3 is 2.68 bits per heavy atom. The van der Waals surface area contributed by atoms with Crippen LogP contribution in [0.5, 0.6) is 0 Å². The van der Waals surface area contributed by atoms with Gasteiger partial charge in [-0.25, -0.2) is 0 Å². The maximum atomic E-state index is 6.21. The third-order valence-electron chi connectivity index (χ3n) is 3.49. The molecule has 1 aliphatic heterocycles. The van der Waals surface area contributed by atoms with Gasteiger partial charge in [0.2, 0.25) is 0 Å². The van der Waals surface area contributed by atoms with Crippen LogP contribution in [0.2, 0.25) is 10.0 Å². The Balaban J connectivity index is 1.79. The number of nitrogens with zero attached hydrogens (tertiary/aromatic N) is 1. The molecule has 2 aromatic rings. The zero-order valence-corrected chi connectivity index (χ0v) is 11.9. The van der Waals surface area contributed by atoms with Crippen molar-refractivity contribution in [3.63, 3.8) is 0 Å². The highest BCUT2D eigenvalue weighted by atomic mass is 35.5. The zero-order valence-electron chi connectivity index (χ0n) is 10.4. The highest BCUT2D eigenvalue weighted by molar-refractivity contribution is 6.35. The molecule has 2 N–H and O–H groups in total. The molecule has 0 unspecified atom stereocenters. The second kappa shape index (κ2) is 5.04. The Bertz CT molecular complexity index is 626. The Labute approximate surface area is 122 Å². The Hall–Kier alpha value is -1.22. The first-order valence-corrected chi connectivity index (χ1v) is 6.91. The summed E-state index contributed by atoms with van der Waals surface area (Å²) in [6.07, 6.45) is 0. The van der Waals surface area contributed by atoms with Gasteiger partial charge in [0.1, 0.15) is 0 Å². The zero-order chi connectivity index (χ0) is 13.4. The van der Waals surface area contributed by atoms with Crippen molar-refractivity contribution in [2.45, 2.75) is 19.6 Å². The molecule has 0 spiro atoms. The van der Waals surface area contributed by atoms with Crippen LogP contribution in [0.4, 0.5) is 5.69 Å². The first-order valence-electron chi connectivity index (χ1n) is 6.16. The summed E-state index contributed by atoms with van der Waals surface area (Å²) in [6.45, 7) is 2.60. The molecule has 0 aromatic heterocycles. The molecule has 0 saturated heterocycles. The van der Waals surface area contributed by atoms with Gasteiger partial charge in [-0.3, -0.25) is 4.90 Å². The van der Waals surface area contributed by atoms with Crippen LogP contribution in [0.15, 0.2) is 36.4 Å². The minimum Gasteiger partial charge on any atom is -0.398 e. The van der Waals surface area contributed by atoms with Gasteiger partial charge in [0.15, 0.2) is 0 Å². The molecule has 98 valence electrons. The van der Waals surface area contributed by atoms with E-state index < -0.39 is 0 Å². The van der Waals surface area contributed by atoms with E-state index in [-0.39, 0.29) is 0 Å². The van der Waals surface area contributed by atoms with Crippen LogP contribution in [0.3, 0.4) is 0 Å². The van der Waals surface area contributed by atoms with Gasteiger partial charge in [0, 0.05) is 35.4 Å². The fraction of sp³-hybridized carbons (Fsp3) is 0.200. The molecule has 0 bridgehead atoms. The molecular formula is C15H14Cl2N2. The minimum absolute atomic E-state index is 0.669. The van der Waals surface area contributed by atoms with Crippen molar-refractivity contribution in [1.29, 1.82) is 0 Å². The van der Waals surface area contributed by atoms with Crippen LogP contribution in [0.1, 0.15) is 16.7 Å². The third-order valence-corrected chi connectivity index (χ3v) is 4.08. The lowest BCUT2D eigenvalue weighted by molar-refractivity contribution is 0.276. The standard InChI is InChI=1S/C15H14Cl2N2/c16-12-5-4-11(14(17)6-12)8-19-7-10-2-1-3-15(18)13(10)9-19/h1-6H,7-9,18H2. The predicted octanol–water partition coefficient (Wildman–Crippen LogP) is 4.09. The number of benzene rings is 2. The van der Waals surface area contributed by atoms with E-state index in [0.717, 1.165) is 35.9 Å². The largest absolute Gasteiger partial charge is 0.398 e. The van der Waals surface area contributed by atoms with Gasteiger partial charge in [-0.1, -0.05) is 41.4 Å². The summed E-state index contributed by atoms with van der Waals surface area (Å²) in [5, 5.41) is 1.39. The fourth-order valence-electron chi connectivity index (χ4n) is 2.52. The van der Waals surface area contributed by atoms with E-state index in [1.165, 1.54) is 11.1 Å². The summed E-state index contributed by atoms with van der Waals surface area (Å²) < 4.78 is 0. The van der Waals surface area contributed by atoms with Gasteiger partial charge in [0.25, 0.3) is 0 Å². The molecule has 0 aliphatic carbocycles. The fourth-order valence-corrected chi connectivity index (χ4v) is 2.99. The minimum atomic E-state index is 0.669. The first kappa shape index (κ1) is 12.8. The lowest BCUT2D eigenvalue weighted by atomic mass is 10.1. The average molecular weight is 293 g/mol. The maximum absolute atomic E-state index is 6.21. The van der Waals surface area contributed by atoms with Gasteiger partial charge in [0.05, 0.1) is 0 Å². The van der Waals surface area contributed by atoms with E-state index in [1.54, 1.807) is 6.07 Å². The molecule has 0 radical (unpaired) electrons. The Kier molecular flexibility index (Phi) is 3.40. The van der Waals surface area contributed by atoms with Crippen molar-refractivity contribution >= 4 is 28.9 Å². The van der Waals surface area contributed by atoms with Gasteiger partial charge in [-0.15, -0.1) is 0 Å². The molecule has 0 saturated carbocycles. The average Bonchev–Trinajstić information content (AvgIpc) is 2.77. The van der Waals surface area contributed by atoms with Gasteiger partial charge < -0.3 is 5.73 Å². The van der Waals surface area contributed by atoms with Crippen molar-refractivity contribution in [1.82, 2.24) is 4.90 Å². The second-order valence-corrected chi connectivity index (χ2v) is 5.71. The van der Waals surface area contributed by atoms with Crippen LogP contribution in [-0.4, -0.2) is 4.90 Å². The number of anilines is 1. The predicted molar refractivity (Wildman–Crippen MR) is 80.3 cm³/mol. The molecular weight excluding hydrogens is 279 g/mol. The monoisotopic (exact) mass is 292 g/mol. The van der Waals surface area contributed by atoms with Gasteiger partial charge in [-0.2, -0.15) is 0 Å². The number of hydrogen-bond acceptors (Lipinski definition) is 2. The quantitative estimate of drug-likeness (QED) is 0.845. The van der Waals surface area contributed by atoms with Crippen LogP contribution < -0.4 is 5.73 Å². The second-order valence-electron chi connectivity index (χ2n) is 4.87. The summed E-state index contributed by atoms with van der Waals surface area (Å²) in [4.78, 5) is 2.33. The Morgan fingerprint density at radius 1 is 1.11 bits per heavy atom. The maximum Gasteiger partial charge on any atom is 0.0465 e. The SMILES string of the molecule is Nc1cccc2c1CN(Cc1ccc(Cl)cc1Cl)C2. The van der Waals surface area contributed by atoms with E-state index in [0.29, 0.717) is 5.02 Å². The van der Waals surface area contributed by atoms with E-state index in [1.807, 2.05) is 24.3 Å². The van der Waals surface area contributed by atoms with Crippen LogP contribution in [-0.2, 0) is 19.6 Å². The third kappa shape index (κ3) is 2.57. The van der Waals surface area contributed by atoms with Crippen LogP contribution in [0.25, 0.3) is 0 Å². The van der Waals surface area contributed by atoms with Crippen LogP contribution in [0, 0.1) is 0 Å². The normalized spacial score (nSPS) is 14.6. The van der Waals surface area contributed by atoms with E-state index in [9.17, 15) is 0 Å². The number of rotatable bonds is 2. The topological polar surface area (TPSA) is 29.3 Å². The van der Waals surface area contributed by atoms with E-state index >= 15 is 0 Å². The van der Waals surface area contributed by atoms with Crippen molar-refractivity contribution < 1.29 is 0 Å². The number of halogens is 2. The first-order chi connectivity index (χ1) is 9.13. The summed E-state index contributed by atoms with van der Waals surface area (Å²) in [6, 6.07) is 11.7. The number of hydrogen-bond donors (Lipinski definition) is 1. The molecule has 19 heavy (non-hydrogen) atoms. The lowest BCUT2D eigenvalue weighted by Crippen LogP contribution is -2.16. The summed E-state index contributed by atoms with van der Waals surface area (Å²) in [5.74, 6) is 0. The van der Waals surface area contributed by atoms with Crippen LogP contribution >= 0.6 is 23.2 Å². The number of nitrogen functional groups attached to an aromatic ring is 1. The molecule has 1 heterocycles. The van der Waals surface area contributed by atoms with E-state index in [2.05, 4.69) is 11.0 Å². The molecule has 3 rings (SSSR count). The van der Waals surface area contributed by atoms with Crippen molar-refractivity contribution in [2.75, 3.05) is 5.73 Å². The molecule has 0 fully saturated rings.